The fraction of sp³-hybridized carbons (Fsp3) is 0.300. The predicted octanol–water partition coefficient (Wildman–Crippen LogP) is 2.20. The summed E-state index contributed by atoms with van der Waals surface area (Å²) < 4.78 is 9.67. The molecule has 0 unspecified atom stereocenters. The molecule has 2 heterocycles. The van der Waals surface area contributed by atoms with Crippen LogP contribution in [0.25, 0.3) is 10.6 Å². The highest BCUT2D eigenvalue weighted by atomic mass is 32.1. The van der Waals surface area contributed by atoms with Gasteiger partial charge in [0, 0.05) is 0 Å². The molecule has 0 bridgehead atoms. The number of rotatable bonds is 2. The van der Waals surface area contributed by atoms with Gasteiger partial charge < -0.3 is 9.26 Å². The first kappa shape index (κ1) is 10.8. The summed E-state index contributed by atoms with van der Waals surface area (Å²) in [5.74, 6) is 0.318. The van der Waals surface area contributed by atoms with E-state index in [1.165, 1.54) is 24.6 Å². The highest BCUT2D eigenvalue weighted by molar-refractivity contribution is 7.16. The Kier molecular flexibility index (Phi) is 2.74. The largest absolute Gasteiger partial charge is 0.465 e. The number of aromatic nitrogens is 2. The number of hydrogen-bond acceptors (Lipinski definition) is 6. The van der Waals surface area contributed by atoms with E-state index >= 15 is 0 Å². The number of methoxy groups -OCH3 is 1. The summed E-state index contributed by atoms with van der Waals surface area (Å²) in [5, 5.41) is 4.56. The van der Waals surface area contributed by atoms with E-state index < -0.39 is 0 Å². The van der Waals surface area contributed by atoms with Gasteiger partial charge in [-0.1, -0.05) is 5.16 Å². The van der Waals surface area contributed by atoms with Gasteiger partial charge in [-0.05, 0) is 13.8 Å². The second-order valence-corrected chi connectivity index (χ2v) is 4.25. The van der Waals surface area contributed by atoms with Crippen LogP contribution in [0.3, 0.4) is 0 Å². The zero-order valence-corrected chi connectivity index (χ0v) is 9.92. The molecule has 0 aliphatic heterocycles. The number of aryl methyl sites for hydroxylation is 2. The van der Waals surface area contributed by atoms with E-state index in [-0.39, 0.29) is 5.97 Å². The van der Waals surface area contributed by atoms with E-state index in [1.807, 2.05) is 13.8 Å². The van der Waals surface area contributed by atoms with E-state index in [0.29, 0.717) is 10.6 Å². The van der Waals surface area contributed by atoms with E-state index in [2.05, 4.69) is 14.9 Å². The summed E-state index contributed by atoms with van der Waals surface area (Å²) in [5.41, 5.74) is 1.61. The molecule has 2 rings (SSSR count). The first-order chi connectivity index (χ1) is 7.63. The standard InChI is InChI=1S/C10H10N2O3S/c1-5-8(6(2)15-12-5)9-11-4-7(16-9)10(13)14-3/h4H,1-3H3. The monoisotopic (exact) mass is 238 g/mol. The fourth-order valence-electron chi connectivity index (χ4n) is 1.37. The topological polar surface area (TPSA) is 65.2 Å². The molecule has 5 nitrogen and oxygen atoms in total. The number of esters is 1. The van der Waals surface area contributed by atoms with Gasteiger partial charge in [0.05, 0.1) is 24.6 Å². The van der Waals surface area contributed by atoms with Crippen LogP contribution in [0, 0.1) is 13.8 Å². The third-order valence-corrected chi connectivity index (χ3v) is 3.13. The molecule has 2 aromatic heterocycles. The van der Waals surface area contributed by atoms with E-state index in [4.69, 9.17) is 4.52 Å². The molecular weight excluding hydrogens is 228 g/mol. The molecule has 0 spiro atoms. The highest BCUT2D eigenvalue weighted by Crippen LogP contribution is 2.30. The van der Waals surface area contributed by atoms with Crippen LogP contribution in [0.1, 0.15) is 21.1 Å². The molecule has 0 aliphatic carbocycles. The van der Waals surface area contributed by atoms with Gasteiger partial charge in [0.15, 0.2) is 0 Å². The van der Waals surface area contributed by atoms with Crippen molar-refractivity contribution in [3.05, 3.63) is 22.5 Å². The van der Waals surface area contributed by atoms with E-state index in [9.17, 15) is 4.79 Å². The summed E-state index contributed by atoms with van der Waals surface area (Å²) in [6, 6.07) is 0. The SMILES string of the molecule is COC(=O)c1cnc(-c2c(C)noc2C)s1. The van der Waals surface area contributed by atoms with Gasteiger partial charge in [-0.2, -0.15) is 0 Å². The van der Waals surface area contributed by atoms with Gasteiger partial charge in [0.25, 0.3) is 0 Å². The Morgan fingerprint density at radius 2 is 2.25 bits per heavy atom. The van der Waals surface area contributed by atoms with Gasteiger partial charge in [-0.15, -0.1) is 11.3 Å². The van der Waals surface area contributed by atoms with Gasteiger partial charge >= 0.3 is 5.97 Å². The van der Waals surface area contributed by atoms with Crippen molar-refractivity contribution < 1.29 is 14.1 Å². The molecule has 2 aromatic rings. The van der Waals surface area contributed by atoms with Crippen molar-refractivity contribution in [1.82, 2.24) is 10.1 Å². The van der Waals surface area contributed by atoms with Crippen LogP contribution < -0.4 is 0 Å². The lowest BCUT2D eigenvalue weighted by molar-refractivity contribution is 0.0606. The molecule has 0 amide bonds. The maximum absolute atomic E-state index is 11.3. The van der Waals surface area contributed by atoms with Crippen molar-refractivity contribution in [3.8, 4) is 10.6 Å². The van der Waals surface area contributed by atoms with E-state index in [1.54, 1.807) is 0 Å². The average Bonchev–Trinajstić information content (AvgIpc) is 2.85. The first-order valence-corrected chi connectivity index (χ1v) is 5.42. The molecule has 0 atom stereocenters. The fourth-order valence-corrected chi connectivity index (χ4v) is 2.35. The second kappa shape index (κ2) is 4.05. The van der Waals surface area contributed by atoms with Gasteiger partial charge in [0.1, 0.15) is 15.6 Å². The summed E-state index contributed by atoms with van der Waals surface area (Å²) in [4.78, 5) is 15.9. The van der Waals surface area contributed by atoms with E-state index in [0.717, 1.165) is 16.3 Å². The number of carbonyl (C=O) groups is 1. The zero-order valence-electron chi connectivity index (χ0n) is 9.10. The van der Waals surface area contributed by atoms with Crippen molar-refractivity contribution in [2.75, 3.05) is 7.11 Å². The molecule has 0 N–H and O–H groups in total. The van der Waals surface area contributed by atoms with Crippen LogP contribution in [-0.4, -0.2) is 23.2 Å². The maximum atomic E-state index is 11.3. The molecule has 0 aromatic carbocycles. The third-order valence-electron chi connectivity index (χ3n) is 2.14. The quantitative estimate of drug-likeness (QED) is 0.750. The molecule has 0 saturated carbocycles. The van der Waals surface area contributed by atoms with Crippen molar-refractivity contribution in [3.63, 3.8) is 0 Å². The van der Waals surface area contributed by atoms with Crippen molar-refractivity contribution in [2.45, 2.75) is 13.8 Å². The van der Waals surface area contributed by atoms with Crippen molar-refractivity contribution in [1.29, 1.82) is 0 Å². The molecule has 0 aliphatic rings. The molecule has 6 heteroatoms. The maximum Gasteiger partial charge on any atom is 0.349 e. The van der Waals surface area contributed by atoms with Gasteiger partial charge in [-0.3, -0.25) is 0 Å². The van der Waals surface area contributed by atoms with Crippen molar-refractivity contribution in [2.24, 2.45) is 0 Å². The second-order valence-electron chi connectivity index (χ2n) is 3.22. The molecule has 0 radical (unpaired) electrons. The lowest BCUT2D eigenvalue weighted by Crippen LogP contribution is -1.96. The molecule has 84 valence electrons. The minimum absolute atomic E-state index is 0.379. The Hall–Kier alpha value is -1.69. The minimum atomic E-state index is -0.379. The number of thiazole rings is 1. The lowest BCUT2D eigenvalue weighted by Gasteiger charge is -1.92. The Labute approximate surface area is 96.0 Å². The van der Waals surface area contributed by atoms with Crippen LogP contribution in [0.2, 0.25) is 0 Å². The Balaban J connectivity index is 2.43. The number of carbonyl (C=O) groups excluding carboxylic acids is 1. The van der Waals surface area contributed by atoms with Crippen LogP contribution in [0.4, 0.5) is 0 Å². The third kappa shape index (κ3) is 1.71. The average molecular weight is 238 g/mol. The summed E-state index contributed by atoms with van der Waals surface area (Å²) in [6.45, 7) is 3.65. The molecule has 0 fully saturated rings. The zero-order chi connectivity index (χ0) is 11.7. The summed E-state index contributed by atoms with van der Waals surface area (Å²) in [7, 11) is 1.34. The summed E-state index contributed by atoms with van der Waals surface area (Å²) in [6.07, 6.45) is 1.50. The smallest absolute Gasteiger partial charge is 0.349 e. The van der Waals surface area contributed by atoms with Crippen LogP contribution >= 0.6 is 11.3 Å². The lowest BCUT2D eigenvalue weighted by atomic mass is 10.2. The first-order valence-electron chi connectivity index (χ1n) is 4.61. The Morgan fingerprint density at radius 3 is 2.81 bits per heavy atom. The molecule has 0 saturated heterocycles. The summed E-state index contributed by atoms with van der Waals surface area (Å²) >= 11 is 1.27. The minimum Gasteiger partial charge on any atom is -0.465 e. The number of hydrogen-bond donors (Lipinski definition) is 0. The predicted molar refractivity (Wildman–Crippen MR) is 58.4 cm³/mol. The van der Waals surface area contributed by atoms with Gasteiger partial charge in [0.2, 0.25) is 0 Å². The Bertz CT molecular complexity index is 510. The van der Waals surface area contributed by atoms with Gasteiger partial charge in [-0.25, -0.2) is 9.78 Å². The number of nitrogens with zero attached hydrogens (tertiary/aromatic N) is 2. The highest BCUT2D eigenvalue weighted by Gasteiger charge is 2.17. The molecular formula is C10H10N2O3S. The van der Waals surface area contributed by atoms with Crippen LogP contribution in [0.15, 0.2) is 10.7 Å². The van der Waals surface area contributed by atoms with Crippen LogP contribution in [-0.2, 0) is 4.74 Å². The normalized spacial score (nSPS) is 10.4. The van der Waals surface area contributed by atoms with Crippen molar-refractivity contribution >= 4 is 17.3 Å². The Morgan fingerprint density at radius 1 is 1.50 bits per heavy atom. The number of ether oxygens (including phenoxy) is 1. The molecule has 16 heavy (non-hydrogen) atoms. The van der Waals surface area contributed by atoms with Crippen LogP contribution in [0.5, 0.6) is 0 Å².